The highest BCUT2D eigenvalue weighted by Gasteiger charge is 2.09. The predicted molar refractivity (Wildman–Crippen MR) is 85.7 cm³/mol. The maximum absolute atomic E-state index is 6.03. The Labute approximate surface area is 122 Å². The molecule has 1 aromatic heterocycles. The van der Waals surface area contributed by atoms with Crippen LogP contribution in [0.4, 0.5) is 11.4 Å². The second-order valence-corrected chi connectivity index (χ2v) is 5.52. The number of anilines is 2. The molecule has 0 aliphatic heterocycles. The number of rotatable bonds is 5. The average Bonchev–Trinajstić information content (AvgIpc) is 2.40. The minimum Gasteiger partial charge on any atom is -0.398 e. The van der Waals surface area contributed by atoms with Gasteiger partial charge in [0, 0.05) is 35.3 Å². The van der Waals surface area contributed by atoms with Crippen LogP contribution in [0.2, 0.25) is 0 Å². The molecule has 19 heavy (non-hydrogen) atoms. The molecule has 2 rings (SSSR count). The van der Waals surface area contributed by atoms with Gasteiger partial charge in [0.15, 0.2) is 0 Å². The van der Waals surface area contributed by atoms with Crippen molar-refractivity contribution in [3.05, 3.63) is 28.9 Å². The summed E-state index contributed by atoms with van der Waals surface area (Å²) in [5.74, 6) is 0. The van der Waals surface area contributed by atoms with E-state index in [1.54, 1.807) is 0 Å². The molecular formula is C14H19BrN4. The molecule has 0 amide bonds. The molecule has 2 aromatic rings. The van der Waals surface area contributed by atoms with Crippen LogP contribution >= 0.6 is 15.9 Å². The Morgan fingerprint density at radius 2 is 2.21 bits per heavy atom. The molecule has 0 atom stereocenters. The van der Waals surface area contributed by atoms with Gasteiger partial charge in [-0.15, -0.1) is 0 Å². The first-order valence-corrected chi connectivity index (χ1v) is 7.12. The molecule has 102 valence electrons. The lowest BCUT2D eigenvalue weighted by Crippen LogP contribution is -2.22. The van der Waals surface area contributed by atoms with E-state index in [2.05, 4.69) is 38.2 Å². The van der Waals surface area contributed by atoms with Gasteiger partial charge in [0.2, 0.25) is 0 Å². The molecule has 0 bridgehead atoms. The van der Waals surface area contributed by atoms with Gasteiger partial charge in [-0.3, -0.25) is 4.98 Å². The molecule has 1 aromatic carbocycles. The Bertz CT molecular complexity index is 571. The molecular weight excluding hydrogens is 304 g/mol. The number of aromatic nitrogens is 1. The first kappa shape index (κ1) is 14.1. The van der Waals surface area contributed by atoms with Gasteiger partial charge in [-0.2, -0.15) is 0 Å². The number of benzene rings is 1. The standard InChI is InChI=1S/C14H19BrN4/c1-17-6-3-7-19(2)13-5-4-12(16)11-8-10(15)9-18-14(11)13/h4-5,8-9,17H,3,6-7,16H2,1-2H3. The fraction of sp³-hybridized carbons (Fsp3) is 0.357. The third-order valence-corrected chi connectivity index (χ3v) is 3.59. The Kier molecular flexibility index (Phi) is 4.61. The van der Waals surface area contributed by atoms with E-state index in [0.717, 1.165) is 46.3 Å². The molecule has 0 unspecified atom stereocenters. The zero-order valence-electron chi connectivity index (χ0n) is 11.3. The van der Waals surface area contributed by atoms with Gasteiger partial charge >= 0.3 is 0 Å². The van der Waals surface area contributed by atoms with Crippen molar-refractivity contribution in [3.8, 4) is 0 Å². The van der Waals surface area contributed by atoms with Crippen molar-refractivity contribution in [2.45, 2.75) is 6.42 Å². The highest BCUT2D eigenvalue weighted by atomic mass is 79.9. The summed E-state index contributed by atoms with van der Waals surface area (Å²) in [4.78, 5) is 6.73. The van der Waals surface area contributed by atoms with Crippen LogP contribution in [0, 0.1) is 0 Å². The molecule has 0 saturated carbocycles. The Morgan fingerprint density at radius 1 is 1.42 bits per heavy atom. The molecule has 0 saturated heterocycles. The van der Waals surface area contributed by atoms with E-state index < -0.39 is 0 Å². The van der Waals surface area contributed by atoms with Crippen molar-refractivity contribution in [1.82, 2.24) is 10.3 Å². The van der Waals surface area contributed by atoms with Crippen LogP contribution in [0.15, 0.2) is 28.9 Å². The number of halogens is 1. The number of nitrogens with one attached hydrogen (secondary N) is 1. The SMILES string of the molecule is CNCCCN(C)c1ccc(N)c2cc(Br)cnc12. The van der Waals surface area contributed by atoms with Crippen molar-refractivity contribution < 1.29 is 0 Å². The normalized spacial score (nSPS) is 10.9. The number of fused-ring (bicyclic) bond motifs is 1. The topological polar surface area (TPSA) is 54.2 Å². The van der Waals surface area contributed by atoms with Crippen LogP contribution in [0.3, 0.4) is 0 Å². The fourth-order valence-corrected chi connectivity index (χ4v) is 2.45. The lowest BCUT2D eigenvalue weighted by molar-refractivity contribution is 0.713. The van der Waals surface area contributed by atoms with E-state index >= 15 is 0 Å². The average molecular weight is 323 g/mol. The largest absolute Gasteiger partial charge is 0.398 e. The number of nitrogens with two attached hydrogens (primary N) is 1. The van der Waals surface area contributed by atoms with Crippen molar-refractivity contribution in [1.29, 1.82) is 0 Å². The van der Waals surface area contributed by atoms with Gasteiger partial charge in [0.1, 0.15) is 0 Å². The Hall–Kier alpha value is -1.33. The minimum absolute atomic E-state index is 0.760. The number of hydrogen-bond acceptors (Lipinski definition) is 4. The zero-order valence-corrected chi connectivity index (χ0v) is 12.9. The summed E-state index contributed by atoms with van der Waals surface area (Å²) in [7, 11) is 4.06. The van der Waals surface area contributed by atoms with E-state index in [0.29, 0.717) is 0 Å². The number of hydrogen-bond donors (Lipinski definition) is 2. The van der Waals surface area contributed by atoms with Crippen molar-refractivity contribution in [3.63, 3.8) is 0 Å². The molecule has 1 heterocycles. The van der Waals surface area contributed by atoms with Crippen LogP contribution in [0.25, 0.3) is 10.9 Å². The van der Waals surface area contributed by atoms with Crippen LogP contribution in [0.1, 0.15) is 6.42 Å². The molecule has 0 radical (unpaired) electrons. The molecule has 3 N–H and O–H groups in total. The van der Waals surface area contributed by atoms with E-state index in [-0.39, 0.29) is 0 Å². The summed E-state index contributed by atoms with van der Waals surface area (Å²) < 4.78 is 0.946. The first-order valence-electron chi connectivity index (χ1n) is 6.33. The van der Waals surface area contributed by atoms with Gasteiger partial charge < -0.3 is 16.0 Å². The Balaban J connectivity index is 2.35. The molecule has 5 heteroatoms. The van der Waals surface area contributed by atoms with Gasteiger partial charge in [-0.1, -0.05) is 0 Å². The first-order chi connectivity index (χ1) is 9.13. The minimum atomic E-state index is 0.760. The van der Waals surface area contributed by atoms with E-state index in [9.17, 15) is 0 Å². The fourth-order valence-electron chi connectivity index (χ4n) is 2.12. The lowest BCUT2D eigenvalue weighted by atomic mass is 10.1. The maximum atomic E-state index is 6.03. The van der Waals surface area contributed by atoms with Gasteiger partial charge in [0.05, 0.1) is 11.2 Å². The van der Waals surface area contributed by atoms with E-state index in [1.807, 2.05) is 31.4 Å². The smallest absolute Gasteiger partial charge is 0.0956 e. The van der Waals surface area contributed by atoms with Crippen molar-refractivity contribution >= 4 is 38.2 Å². The summed E-state index contributed by atoms with van der Waals surface area (Å²) in [5.41, 5.74) is 8.86. The van der Waals surface area contributed by atoms with E-state index in [1.165, 1.54) is 0 Å². The third-order valence-electron chi connectivity index (χ3n) is 3.16. The van der Waals surface area contributed by atoms with E-state index in [4.69, 9.17) is 5.73 Å². The summed E-state index contributed by atoms with van der Waals surface area (Å²) >= 11 is 3.44. The van der Waals surface area contributed by atoms with Crippen molar-refractivity contribution in [2.75, 3.05) is 37.8 Å². The summed E-state index contributed by atoms with van der Waals surface area (Å²) in [6.45, 7) is 1.99. The van der Waals surface area contributed by atoms with Crippen molar-refractivity contribution in [2.24, 2.45) is 0 Å². The summed E-state index contributed by atoms with van der Waals surface area (Å²) in [6, 6.07) is 6.00. The Morgan fingerprint density at radius 3 is 2.95 bits per heavy atom. The van der Waals surface area contributed by atoms with Crippen LogP contribution in [-0.2, 0) is 0 Å². The third kappa shape index (κ3) is 3.16. The highest BCUT2D eigenvalue weighted by Crippen LogP contribution is 2.30. The molecule has 0 spiro atoms. The molecule has 0 aliphatic rings. The molecule has 4 nitrogen and oxygen atoms in total. The highest BCUT2D eigenvalue weighted by molar-refractivity contribution is 9.10. The van der Waals surface area contributed by atoms with Gasteiger partial charge in [-0.05, 0) is 54.1 Å². The second-order valence-electron chi connectivity index (χ2n) is 4.60. The zero-order chi connectivity index (χ0) is 13.8. The van der Waals surface area contributed by atoms with Crippen LogP contribution in [-0.4, -0.2) is 32.2 Å². The number of nitrogens with zero attached hydrogens (tertiary/aromatic N) is 2. The second kappa shape index (κ2) is 6.21. The van der Waals surface area contributed by atoms with Gasteiger partial charge in [0.25, 0.3) is 0 Å². The summed E-state index contributed by atoms with van der Waals surface area (Å²) in [5, 5.41) is 4.15. The summed E-state index contributed by atoms with van der Waals surface area (Å²) in [6.07, 6.45) is 2.90. The predicted octanol–water partition coefficient (Wildman–Crippen LogP) is 2.63. The monoisotopic (exact) mass is 322 g/mol. The number of pyridine rings is 1. The quantitative estimate of drug-likeness (QED) is 0.656. The van der Waals surface area contributed by atoms with Crippen LogP contribution in [0.5, 0.6) is 0 Å². The van der Waals surface area contributed by atoms with Gasteiger partial charge in [-0.25, -0.2) is 0 Å². The maximum Gasteiger partial charge on any atom is 0.0956 e. The number of nitrogen functional groups attached to an aromatic ring is 1. The van der Waals surface area contributed by atoms with Crippen LogP contribution < -0.4 is 16.0 Å². The molecule has 0 fully saturated rings. The molecule has 0 aliphatic carbocycles. The lowest BCUT2D eigenvalue weighted by Gasteiger charge is -2.21.